The maximum Gasteiger partial charge on any atom is 0.330 e. The van der Waals surface area contributed by atoms with E-state index < -0.39 is 41.9 Å². The van der Waals surface area contributed by atoms with Gasteiger partial charge in [-0.05, 0) is 13.8 Å². The van der Waals surface area contributed by atoms with Crippen molar-refractivity contribution in [1.82, 2.24) is 9.55 Å². The van der Waals surface area contributed by atoms with Crippen LogP contribution in [0.2, 0.25) is 0 Å². The Morgan fingerprint density at radius 3 is 2.86 bits per heavy atom. The van der Waals surface area contributed by atoms with Crippen molar-refractivity contribution in [3.8, 4) is 11.8 Å². The lowest BCUT2D eigenvalue weighted by atomic mass is 9.96. The van der Waals surface area contributed by atoms with Crippen LogP contribution in [0.4, 0.5) is 4.39 Å². The number of aromatic amines is 1. The number of aliphatic hydroxyl groups is 2. The lowest BCUT2D eigenvalue weighted by molar-refractivity contribution is -0.0552. The summed E-state index contributed by atoms with van der Waals surface area (Å²) in [4.78, 5) is 25.2. The number of rotatable bonds is 2. The van der Waals surface area contributed by atoms with Crippen molar-refractivity contribution in [3.05, 3.63) is 32.6 Å². The second-order valence-electron chi connectivity index (χ2n) is 4.58. The number of H-pyrrole nitrogens is 1. The zero-order valence-electron chi connectivity index (χ0n) is 13.3. The van der Waals surface area contributed by atoms with Crippen LogP contribution in [0, 0.1) is 18.8 Å². The quantitative estimate of drug-likeness (QED) is 0.597. The molecule has 0 radical (unpaired) electrons. The Kier molecular flexibility index (Phi) is 3.31. The molecule has 0 spiro atoms. The van der Waals surface area contributed by atoms with Gasteiger partial charge in [0.2, 0.25) is 5.67 Å². The molecule has 1 aromatic rings. The van der Waals surface area contributed by atoms with Crippen molar-refractivity contribution >= 4 is 0 Å². The predicted molar refractivity (Wildman–Crippen MR) is 70.4 cm³/mol. The predicted octanol–water partition coefficient (Wildman–Crippen LogP) is -1.17. The van der Waals surface area contributed by atoms with Gasteiger partial charge in [0.05, 0.1) is 9.30 Å². The molecule has 114 valence electrons. The number of aliphatic hydroxyl groups excluding tert-OH is 1. The topological polar surface area (TPSA) is 105 Å². The molecule has 0 saturated carbocycles. The Bertz CT molecular complexity index is 791. The Labute approximate surface area is 121 Å². The van der Waals surface area contributed by atoms with E-state index in [1.165, 1.54) is 13.8 Å². The number of nitrogens with zero attached hydrogens (tertiary/aromatic N) is 1. The molecule has 7 nitrogen and oxygen atoms in total. The number of aryl methyl sites for hydroxylation is 1. The van der Waals surface area contributed by atoms with Gasteiger partial charge in [0, 0.05) is 11.8 Å². The average Bonchev–Trinajstić information content (AvgIpc) is 2.63. The minimum Gasteiger partial charge on any atom is -0.394 e. The van der Waals surface area contributed by atoms with Crippen LogP contribution in [0.25, 0.3) is 0 Å². The maximum absolute atomic E-state index is 15.2. The summed E-state index contributed by atoms with van der Waals surface area (Å²) in [5.74, 6) is 4.32. The van der Waals surface area contributed by atoms with E-state index in [9.17, 15) is 19.8 Å². The van der Waals surface area contributed by atoms with E-state index in [2.05, 4.69) is 11.8 Å². The van der Waals surface area contributed by atoms with Gasteiger partial charge < -0.3 is 14.9 Å². The van der Waals surface area contributed by atoms with Crippen molar-refractivity contribution in [1.29, 1.82) is 0 Å². The molecule has 3 N–H and O–H groups in total. The van der Waals surface area contributed by atoms with Crippen LogP contribution in [-0.4, -0.2) is 44.2 Å². The molecular weight excluding hydrogens is 283 g/mol. The van der Waals surface area contributed by atoms with Gasteiger partial charge in [-0.2, -0.15) is 0 Å². The highest BCUT2D eigenvalue weighted by molar-refractivity contribution is 5.23. The van der Waals surface area contributed by atoms with E-state index in [1.54, 1.807) is 0 Å². The summed E-state index contributed by atoms with van der Waals surface area (Å²) in [6.45, 7) is -0.442. The molecular formula is C13H15FN2O5. The minimum atomic E-state index is -3.07. The molecule has 0 aliphatic carbocycles. The minimum absolute atomic E-state index is 0.0232. The summed E-state index contributed by atoms with van der Waals surface area (Å²) in [5.41, 5.74) is -4.55. The molecule has 0 aromatic carbocycles. The Hall–Kier alpha value is -1.95. The van der Waals surface area contributed by atoms with Crippen LogP contribution in [-0.2, 0) is 4.74 Å². The first kappa shape index (κ1) is 12.8. The number of alkyl halides is 1. The van der Waals surface area contributed by atoms with Crippen molar-refractivity contribution in [3.63, 3.8) is 0 Å². The van der Waals surface area contributed by atoms with E-state index in [0.29, 0.717) is 4.57 Å². The second-order valence-corrected chi connectivity index (χ2v) is 4.58. The zero-order valence-corrected chi connectivity index (χ0v) is 11.3. The summed E-state index contributed by atoms with van der Waals surface area (Å²) in [7, 11) is 0. The molecule has 1 aromatic heterocycles. The molecule has 4 atom stereocenters. The molecule has 2 rings (SSSR count). The molecule has 0 amide bonds. The first-order valence-corrected chi connectivity index (χ1v) is 6.03. The summed E-state index contributed by atoms with van der Waals surface area (Å²) >= 11 is 0. The monoisotopic (exact) mass is 300 g/mol. The molecule has 1 unspecified atom stereocenters. The highest BCUT2D eigenvalue weighted by Gasteiger charge is 2.58. The Morgan fingerprint density at radius 1 is 1.67 bits per heavy atom. The fourth-order valence-electron chi connectivity index (χ4n) is 2.27. The summed E-state index contributed by atoms with van der Waals surface area (Å²) < 4.78 is 35.5. The van der Waals surface area contributed by atoms with E-state index in [-0.39, 0.29) is 5.69 Å². The van der Waals surface area contributed by atoms with E-state index in [0.717, 1.165) is 6.07 Å². The fourth-order valence-corrected chi connectivity index (χ4v) is 2.27. The van der Waals surface area contributed by atoms with Crippen molar-refractivity contribution in [2.75, 3.05) is 6.56 Å². The standard InChI is InChI=1S/C13H15FN2O5/c1-3-4-13(14)10(19)8(6-17)21-11(13)16-7(2)5-9(18)15-12(16)20/h5,8,10-11,17,19H,6H2,1-2H3,(H,15,18,20)/t8-,10?,11-,13-/m1/s1/i6D2. The van der Waals surface area contributed by atoms with Crippen molar-refractivity contribution in [2.45, 2.75) is 38.0 Å². The summed E-state index contributed by atoms with van der Waals surface area (Å²) in [6.07, 6.45) is -5.98. The molecule has 21 heavy (non-hydrogen) atoms. The van der Waals surface area contributed by atoms with Gasteiger partial charge in [-0.3, -0.25) is 14.3 Å². The summed E-state index contributed by atoms with van der Waals surface area (Å²) in [5, 5.41) is 19.5. The summed E-state index contributed by atoms with van der Waals surface area (Å²) in [6, 6.07) is 1.01. The largest absolute Gasteiger partial charge is 0.394 e. The molecule has 1 aliphatic rings. The van der Waals surface area contributed by atoms with Crippen LogP contribution >= 0.6 is 0 Å². The molecule has 0 bridgehead atoms. The third-order valence-electron chi connectivity index (χ3n) is 3.20. The van der Waals surface area contributed by atoms with Gasteiger partial charge in [0.15, 0.2) is 6.23 Å². The number of ether oxygens (including phenoxy) is 1. The van der Waals surface area contributed by atoms with Crippen LogP contribution in [0.5, 0.6) is 0 Å². The third-order valence-corrected chi connectivity index (χ3v) is 3.20. The Balaban J connectivity index is 2.67. The SMILES string of the molecule is [2H]C([2H])(O)[C@H]1O[C@@H](n2c(C)cc(=O)[nH]c2=O)[C@@](F)(C#CC)C1O. The third kappa shape index (κ3) is 2.40. The highest BCUT2D eigenvalue weighted by Crippen LogP contribution is 2.40. The van der Waals surface area contributed by atoms with Crippen LogP contribution < -0.4 is 11.2 Å². The fraction of sp³-hybridized carbons (Fsp3) is 0.538. The molecule has 1 aliphatic heterocycles. The van der Waals surface area contributed by atoms with Crippen LogP contribution in [0.15, 0.2) is 15.7 Å². The number of nitrogens with one attached hydrogen (secondary N) is 1. The number of halogens is 1. The lowest BCUT2D eigenvalue weighted by Gasteiger charge is -2.25. The van der Waals surface area contributed by atoms with Gasteiger partial charge in [-0.1, -0.05) is 5.92 Å². The van der Waals surface area contributed by atoms with Crippen molar-refractivity contribution < 1.29 is 22.1 Å². The van der Waals surface area contributed by atoms with E-state index in [1.807, 2.05) is 4.98 Å². The van der Waals surface area contributed by atoms with Crippen LogP contribution in [0.3, 0.4) is 0 Å². The molecule has 1 fully saturated rings. The number of hydrogen-bond acceptors (Lipinski definition) is 5. The van der Waals surface area contributed by atoms with Crippen molar-refractivity contribution in [2.24, 2.45) is 0 Å². The normalized spacial score (nSPS) is 33.9. The van der Waals surface area contributed by atoms with E-state index in [4.69, 9.17) is 7.48 Å². The first-order chi connectivity index (χ1) is 10.5. The number of hydrogen-bond donors (Lipinski definition) is 3. The zero-order chi connectivity index (χ0) is 17.6. The molecule has 8 heteroatoms. The smallest absolute Gasteiger partial charge is 0.330 e. The highest BCUT2D eigenvalue weighted by atomic mass is 19.1. The van der Waals surface area contributed by atoms with Gasteiger partial charge in [-0.25, -0.2) is 9.18 Å². The first-order valence-electron chi connectivity index (χ1n) is 7.03. The number of aromatic nitrogens is 2. The maximum atomic E-state index is 15.2. The van der Waals surface area contributed by atoms with Gasteiger partial charge in [0.1, 0.15) is 12.2 Å². The van der Waals surface area contributed by atoms with Gasteiger partial charge in [-0.15, -0.1) is 5.92 Å². The Morgan fingerprint density at radius 2 is 2.33 bits per heavy atom. The lowest BCUT2D eigenvalue weighted by Crippen LogP contribution is -2.45. The second kappa shape index (κ2) is 5.44. The van der Waals surface area contributed by atoms with Gasteiger partial charge >= 0.3 is 5.69 Å². The molecule has 2 heterocycles. The van der Waals surface area contributed by atoms with Crippen LogP contribution in [0.1, 0.15) is 21.6 Å². The average molecular weight is 300 g/mol. The molecule has 1 saturated heterocycles. The van der Waals surface area contributed by atoms with E-state index >= 15 is 4.39 Å². The van der Waals surface area contributed by atoms with Gasteiger partial charge in [0.25, 0.3) is 5.56 Å².